The van der Waals surface area contributed by atoms with Crippen molar-refractivity contribution in [3.05, 3.63) is 64.7 Å². The molecule has 1 saturated heterocycles. The molecule has 0 spiro atoms. The van der Waals surface area contributed by atoms with Crippen molar-refractivity contribution in [3.63, 3.8) is 0 Å². The molecule has 0 radical (unpaired) electrons. The maximum atomic E-state index is 12.9. The number of nitrogens with one attached hydrogen (secondary N) is 1. The van der Waals surface area contributed by atoms with E-state index in [4.69, 9.17) is 0 Å². The standard InChI is InChI=1S/C25H32N2O3/c1-17(2)13-19-7-10-21(11-8-19)24(29)26-23-14-22(9-6-18(23)3)25(30)27-12-4-5-20(15-27)16-28/h6-11,14,17,20,28H,4-5,12-13,15-16H2,1-3H3,(H,26,29). The Morgan fingerprint density at radius 1 is 1.13 bits per heavy atom. The predicted molar refractivity (Wildman–Crippen MR) is 120 cm³/mol. The molecule has 1 aliphatic rings. The number of anilines is 1. The van der Waals surface area contributed by atoms with Crippen LogP contribution in [0.1, 0.15) is 58.5 Å². The van der Waals surface area contributed by atoms with E-state index in [-0.39, 0.29) is 24.3 Å². The van der Waals surface area contributed by atoms with E-state index in [2.05, 4.69) is 19.2 Å². The Hall–Kier alpha value is -2.66. The normalized spacial score (nSPS) is 16.6. The van der Waals surface area contributed by atoms with Crippen LogP contribution in [0, 0.1) is 18.8 Å². The third-order valence-electron chi connectivity index (χ3n) is 5.66. The summed E-state index contributed by atoms with van der Waals surface area (Å²) in [5.41, 5.74) is 3.92. The van der Waals surface area contributed by atoms with Crippen LogP contribution < -0.4 is 5.32 Å². The summed E-state index contributed by atoms with van der Waals surface area (Å²) in [4.78, 5) is 27.5. The first-order chi connectivity index (χ1) is 14.4. The highest BCUT2D eigenvalue weighted by molar-refractivity contribution is 6.05. The van der Waals surface area contributed by atoms with E-state index in [0.717, 1.165) is 24.8 Å². The molecule has 0 bridgehead atoms. The fourth-order valence-electron chi connectivity index (χ4n) is 3.93. The largest absolute Gasteiger partial charge is 0.396 e. The molecular formula is C25H32N2O3. The highest BCUT2D eigenvalue weighted by atomic mass is 16.3. The highest BCUT2D eigenvalue weighted by Gasteiger charge is 2.24. The number of aliphatic hydroxyl groups is 1. The topological polar surface area (TPSA) is 69.6 Å². The highest BCUT2D eigenvalue weighted by Crippen LogP contribution is 2.22. The Morgan fingerprint density at radius 3 is 2.50 bits per heavy atom. The maximum absolute atomic E-state index is 12.9. The zero-order chi connectivity index (χ0) is 21.7. The maximum Gasteiger partial charge on any atom is 0.255 e. The summed E-state index contributed by atoms with van der Waals surface area (Å²) in [6.45, 7) is 7.64. The summed E-state index contributed by atoms with van der Waals surface area (Å²) in [6.07, 6.45) is 2.84. The summed E-state index contributed by atoms with van der Waals surface area (Å²) in [7, 11) is 0. The fourth-order valence-corrected chi connectivity index (χ4v) is 3.93. The number of likely N-dealkylation sites (tertiary alicyclic amines) is 1. The van der Waals surface area contributed by atoms with Gasteiger partial charge in [-0.15, -0.1) is 0 Å². The van der Waals surface area contributed by atoms with Crippen molar-refractivity contribution in [1.29, 1.82) is 0 Å². The van der Waals surface area contributed by atoms with Gasteiger partial charge in [0.1, 0.15) is 0 Å². The van der Waals surface area contributed by atoms with E-state index in [1.165, 1.54) is 5.56 Å². The minimum absolute atomic E-state index is 0.0540. The molecule has 0 aromatic heterocycles. The van der Waals surface area contributed by atoms with Crippen LogP contribution in [0.4, 0.5) is 5.69 Å². The predicted octanol–water partition coefficient (Wildman–Crippen LogP) is 4.29. The van der Waals surface area contributed by atoms with Gasteiger partial charge in [-0.25, -0.2) is 0 Å². The molecule has 2 aromatic rings. The lowest BCUT2D eigenvalue weighted by Gasteiger charge is -2.32. The van der Waals surface area contributed by atoms with Gasteiger partial charge in [-0.3, -0.25) is 9.59 Å². The van der Waals surface area contributed by atoms with E-state index in [0.29, 0.717) is 35.8 Å². The number of piperidine rings is 1. The zero-order valence-electron chi connectivity index (χ0n) is 18.1. The van der Waals surface area contributed by atoms with Gasteiger partial charge in [-0.05, 0) is 73.4 Å². The molecule has 5 nitrogen and oxygen atoms in total. The molecule has 1 unspecified atom stereocenters. The molecule has 1 atom stereocenters. The Bertz CT molecular complexity index is 890. The summed E-state index contributed by atoms with van der Waals surface area (Å²) >= 11 is 0. The fraction of sp³-hybridized carbons (Fsp3) is 0.440. The summed E-state index contributed by atoms with van der Waals surface area (Å²) < 4.78 is 0. The zero-order valence-corrected chi connectivity index (χ0v) is 18.1. The number of aliphatic hydroxyl groups excluding tert-OH is 1. The van der Waals surface area contributed by atoms with Crippen molar-refractivity contribution in [2.24, 2.45) is 11.8 Å². The van der Waals surface area contributed by atoms with Gasteiger partial charge in [0.25, 0.3) is 11.8 Å². The summed E-state index contributed by atoms with van der Waals surface area (Å²) in [5, 5.41) is 12.4. The first-order valence-electron chi connectivity index (χ1n) is 10.8. The monoisotopic (exact) mass is 408 g/mol. The molecule has 0 saturated carbocycles. The lowest BCUT2D eigenvalue weighted by Crippen LogP contribution is -2.41. The average molecular weight is 409 g/mol. The van der Waals surface area contributed by atoms with E-state index in [1.54, 1.807) is 17.0 Å². The Balaban J connectivity index is 1.72. The molecule has 1 fully saturated rings. The first kappa shape index (κ1) is 22.0. The van der Waals surface area contributed by atoms with Crippen LogP contribution in [-0.4, -0.2) is 41.5 Å². The lowest BCUT2D eigenvalue weighted by molar-refractivity contribution is 0.0620. The molecule has 0 aliphatic carbocycles. The Morgan fingerprint density at radius 2 is 1.83 bits per heavy atom. The Labute approximate surface area is 179 Å². The van der Waals surface area contributed by atoms with Crippen molar-refractivity contribution in [1.82, 2.24) is 4.90 Å². The van der Waals surface area contributed by atoms with E-state index in [1.807, 2.05) is 37.3 Å². The molecule has 2 amide bonds. The molecular weight excluding hydrogens is 376 g/mol. The van der Waals surface area contributed by atoms with Gasteiger partial charge in [0.15, 0.2) is 0 Å². The van der Waals surface area contributed by atoms with Crippen molar-refractivity contribution >= 4 is 17.5 Å². The van der Waals surface area contributed by atoms with Gasteiger partial charge < -0.3 is 15.3 Å². The third-order valence-corrected chi connectivity index (χ3v) is 5.66. The van der Waals surface area contributed by atoms with E-state index in [9.17, 15) is 14.7 Å². The van der Waals surface area contributed by atoms with E-state index >= 15 is 0 Å². The smallest absolute Gasteiger partial charge is 0.255 e. The van der Waals surface area contributed by atoms with Crippen LogP contribution in [0.5, 0.6) is 0 Å². The van der Waals surface area contributed by atoms with Crippen LogP contribution in [0.25, 0.3) is 0 Å². The third kappa shape index (κ3) is 5.48. The van der Waals surface area contributed by atoms with Gasteiger partial charge in [0, 0.05) is 36.5 Å². The number of carbonyl (C=O) groups excluding carboxylic acids is 2. The second kappa shape index (κ2) is 9.90. The summed E-state index contributed by atoms with van der Waals surface area (Å²) in [5.74, 6) is 0.477. The van der Waals surface area contributed by atoms with Gasteiger partial charge in [-0.1, -0.05) is 32.0 Å². The molecule has 1 heterocycles. The number of amides is 2. The lowest BCUT2D eigenvalue weighted by atomic mass is 9.98. The van der Waals surface area contributed by atoms with Crippen LogP contribution in [0.2, 0.25) is 0 Å². The minimum atomic E-state index is -0.183. The van der Waals surface area contributed by atoms with Gasteiger partial charge in [-0.2, -0.15) is 0 Å². The molecule has 5 heteroatoms. The number of aryl methyl sites for hydroxylation is 1. The van der Waals surface area contributed by atoms with Crippen molar-refractivity contribution < 1.29 is 14.7 Å². The quantitative estimate of drug-likeness (QED) is 0.749. The number of rotatable bonds is 6. The van der Waals surface area contributed by atoms with Crippen LogP contribution in [-0.2, 0) is 6.42 Å². The first-order valence-corrected chi connectivity index (χ1v) is 10.8. The second-order valence-corrected chi connectivity index (χ2v) is 8.72. The summed E-state index contributed by atoms with van der Waals surface area (Å²) in [6, 6.07) is 13.1. The molecule has 3 rings (SSSR count). The van der Waals surface area contributed by atoms with Crippen molar-refractivity contribution in [2.75, 3.05) is 25.0 Å². The minimum Gasteiger partial charge on any atom is -0.396 e. The van der Waals surface area contributed by atoms with Crippen molar-refractivity contribution in [3.8, 4) is 0 Å². The van der Waals surface area contributed by atoms with Crippen LogP contribution >= 0.6 is 0 Å². The van der Waals surface area contributed by atoms with Crippen LogP contribution in [0.3, 0.4) is 0 Å². The number of benzene rings is 2. The number of hydrogen-bond acceptors (Lipinski definition) is 3. The van der Waals surface area contributed by atoms with Gasteiger partial charge in [0.2, 0.25) is 0 Å². The molecule has 30 heavy (non-hydrogen) atoms. The SMILES string of the molecule is Cc1ccc(C(=O)N2CCCC(CO)C2)cc1NC(=O)c1ccc(CC(C)C)cc1. The Kier molecular flexibility index (Phi) is 7.27. The molecule has 2 aromatic carbocycles. The second-order valence-electron chi connectivity index (χ2n) is 8.72. The van der Waals surface area contributed by atoms with Crippen molar-refractivity contribution in [2.45, 2.75) is 40.0 Å². The number of hydrogen-bond donors (Lipinski definition) is 2. The molecule has 160 valence electrons. The average Bonchev–Trinajstić information content (AvgIpc) is 2.75. The number of nitrogens with zero attached hydrogens (tertiary/aromatic N) is 1. The van der Waals surface area contributed by atoms with Crippen LogP contribution in [0.15, 0.2) is 42.5 Å². The van der Waals surface area contributed by atoms with E-state index < -0.39 is 0 Å². The number of carbonyl (C=O) groups is 2. The van der Waals surface area contributed by atoms with Gasteiger partial charge in [0.05, 0.1) is 0 Å². The van der Waals surface area contributed by atoms with Gasteiger partial charge >= 0.3 is 0 Å². The molecule has 1 aliphatic heterocycles. The molecule has 2 N–H and O–H groups in total.